The number of hydrogen-bond donors (Lipinski definition) is 1. The van der Waals surface area contributed by atoms with Crippen molar-refractivity contribution in [3.05, 3.63) is 65.5 Å². The summed E-state index contributed by atoms with van der Waals surface area (Å²) in [6.07, 6.45) is 0. The Balaban J connectivity index is 2.07. The Morgan fingerprint density at radius 2 is 1.69 bits per heavy atom. The van der Waals surface area contributed by atoms with Crippen LogP contribution in [0.15, 0.2) is 53.4 Å². The van der Waals surface area contributed by atoms with E-state index in [-0.39, 0.29) is 29.8 Å². The summed E-state index contributed by atoms with van der Waals surface area (Å²) in [5.41, 5.74) is 1.70. The fourth-order valence-electron chi connectivity index (χ4n) is 2.51. The molecule has 0 saturated carbocycles. The summed E-state index contributed by atoms with van der Waals surface area (Å²) in [7, 11) is -3.75. The van der Waals surface area contributed by atoms with Gasteiger partial charge < -0.3 is 5.32 Å². The molecule has 0 aliphatic rings. The zero-order valence-corrected chi connectivity index (χ0v) is 15.9. The third-order valence-electron chi connectivity index (χ3n) is 4.08. The number of carbonyl (C=O) groups excluding carboxylic acids is 1. The molecule has 0 bridgehead atoms. The van der Waals surface area contributed by atoms with E-state index in [2.05, 4.69) is 5.32 Å². The molecular weight excluding hydrogens is 355 g/mol. The highest BCUT2D eigenvalue weighted by Crippen LogP contribution is 2.17. The van der Waals surface area contributed by atoms with Gasteiger partial charge in [-0.3, -0.25) is 4.79 Å². The molecule has 0 fully saturated rings. The summed E-state index contributed by atoms with van der Waals surface area (Å²) < 4.78 is 39.5. The lowest BCUT2D eigenvalue weighted by Crippen LogP contribution is -2.41. The maximum atomic E-state index is 13.0. The van der Waals surface area contributed by atoms with E-state index >= 15 is 0 Å². The highest BCUT2D eigenvalue weighted by molar-refractivity contribution is 7.89. The Bertz CT molecular complexity index is 849. The Hall–Kier alpha value is -2.25. The fourth-order valence-corrected chi connectivity index (χ4v) is 3.91. The largest absolute Gasteiger partial charge is 0.348 e. The van der Waals surface area contributed by atoms with Gasteiger partial charge in [0.2, 0.25) is 15.9 Å². The van der Waals surface area contributed by atoms with Crippen molar-refractivity contribution >= 4 is 15.9 Å². The van der Waals surface area contributed by atoms with Crippen molar-refractivity contribution in [2.45, 2.75) is 31.7 Å². The average Bonchev–Trinajstić information content (AvgIpc) is 2.60. The molecule has 2 rings (SSSR count). The number of hydrogen-bond acceptors (Lipinski definition) is 3. The number of nitrogens with one attached hydrogen (secondary N) is 1. The van der Waals surface area contributed by atoms with Gasteiger partial charge in [-0.1, -0.05) is 36.8 Å². The van der Waals surface area contributed by atoms with Crippen LogP contribution in [0.1, 0.15) is 31.0 Å². The molecule has 5 nitrogen and oxygen atoms in total. The zero-order chi connectivity index (χ0) is 19.3. The Kier molecular flexibility index (Phi) is 6.50. The minimum atomic E-state index is -3.75. The van der Waals surface area contributed by atoms with Gasteiger partial charge in [0, 0.05) is 6.54 Å². The first-order chi connectivity index (χ1) is 12.2. The molecule has 0 heterocycles. The second-order valence-corrected chi connectivity index (χ2v) is 8.02. The highest BCUT2D eigenvalue weighted by Gasteiger charge is 2.25. The van der Waals surface area contributed by atoms with E-state index in [4.69, 9.17) is 0 Å². The molecular formula is C19H23FN2O3S. The third-order valence-corrected chi connectivity index (χ3v) is 6.01. The number of halogens is 1. The molecule has 1 N–H and O–H groups in total. The smallest absolute Gasteiger partial charge is 0.243 e. The van der Waals surface area contributed by atoms with E-state index in [1.165, 1.54) is 24.3 Å². The van der Waals surface area contributed by atoms with Crippen molar-refractivity contribution in [2.24, 2.45) is 0 Å². The molecule has 2 aromatic carbocycles. The lowest BCUT2D eigenvalue weighted by atomic mass is 10.1. The second-order valence-electron chi connectivity index (χ2n) is 6.09. The SMILES string of the molecule is CCN(CC(=O)NC(C)c1ccc(F)cc1)S(=O)(=O)c1ccc(C)cc1. The summed E-state index contributed by atoms with van der Waals surface area (Å²) in [5.74, 6) is -0.770. The van der Waals surface area contributed by atoms with E-state index in [1.807, 2.05) is 6.92 Å². The van der Waals surface area contributed by atoms with Crippen molar-refractivity contribution < 1.29 is 17.6 Å². The van der Waals surface area contributed by atoms with Gasteiger partial charge in [-0.05, 0) is 43.7 Å². The van der Waals surface area contributed by atoms with Crippen LogP contribution in [0.5, 0.6) is 0 Å². The van der Waals surface area contributed by atoms with E-state index in [9.17, 15) is 17.6 Å². The van der Waals surface area contributed by atoms with Crippen molar-refractivity contribution in [3.63, 3.8) is 0 Å². The first-order valence-corrected chi connectivity index (χ1v) is 9.79. The number of rotatable bonds is 7. The number of carbonyl (C=O) groups is 1. The highest BCUT2D eigenvalue weighted by atomic mass is 32.2. The minimum Gasteiger partial charge on any atom is -0.348 e. The van der Waals surface area contributed by atoms with Crippen LogP contribution in [0.4, 0.5) is 4.39 Å². The maximum absolute atomic E-state index is 13.0. The molecule has 140 valence electrons. The normalized spacial score (nSPS) is 12.8. The van der Waals surface area contributed by atoms with Crippen molar-refractivity contribution in [1.29, 1.82) is 0 Å². The monoisotopic (exact) mass is 378 g/mol. The predicted octanol–water partition coefficient (Wildman–Crippen LogP) is 3.02. The number of sulfonamides is 1. The number of likely N-dealkylation sites (N-methyl/N-ethyl adjacent to an activating group) is 1. The van der Waals surface area contributed by atoms with Crippen LogP contribution in [-0.4, -0.2) is 31.7 Å². The van der Waals surface area contributed by atoms with Crippen molar-refractivity contribution in [1.82, 2.24) is 9.62 Å². The molecule has 1 atom stereocenters. The maximum Gasteiger partial charge on any atom is 0.243 e. The van der Waals surface area contributed by atoms with Gasteiger partial charge in [-0.2, -0.15) is 4.31 Å². The number of amides is 1. The number of nitrogens with zero attached hydrogens (tertiary/aromatic N) is 1. The van der Waals surface area contributed by atoms with Gasteiger partial charge >= 0.3 is 0 Å². The minimum absolute atomic E-state index is 0.157. The van der Waals surface area contributed by atoms with Gasteiger partial charge in [0.25, 0.3) is 0 Å². The van der Waals surface area contributed by atoms with Gasteiger partial charge in [-0.15, -0.1) is 0 Å². The fraction of sp³-hybridized carbons (Fsp3) is 0.316. The van der Waals surface area contributed by atoms with E-state index in [0.717, 1.165) is 15.4 Å². The lowest BCUT2D eigenvalue weighted by molar-refractivity contribution is -0.121. The Morgan fingerprint density at radius 1 is 1.12 bits per heavy atom. The summed E-state index contributed by atoms with van der Waals surface area (Å²) >= 11 is 0. The molecule has 1 unspecified atom stereocenters. The van der Waals surface area contributed by atoms with Gasteiger partial charge in [0.1, 0.15) is 5.82 Å². The summed E-state index contributed by atoms with van der Waals surface area (Å²) in [4.78, 5) is 12.5. The van der Waals surface area contributed by atoms with Crippen LogP contribution in [0, 0.1) is 12.7 Å². The Morgan fingerprint density at radius 3 is 2.23 bits per heavy atom. The van der Waals surface area contributed by atoms with Crippen LogP contribution < -0.4 is 5.32 Å². The molecule has 7 heteroatoms. The van der Waals surface area contributed by atoms with Crippen LogP contribution >= 0.6 is 0 Å². The van der Waals surface area contributed by atoms with E-state index < -0.39 is 15.9 Å². The van der Waals surface area contributed by atoms with E-state index in [0.29, 0.717) is 0 Å². The molecule has 2 aromatic rings. The summed E-state index contributed by atoms with van der Waals surface area (Å²) in [5, 5.41) is 2.75. The Labute approximate surface area is 153 Å². The molecule has 0 saturated heterocycles. The molecule has 26 heavy (non-hydrogen) atoms. The second kappa shape index (κ2) is 8.42. The molecule has 0 spiro atoms. The van der Waals surface area contributed by atoms with Gasteiger partial charge in [0.05, 0.1) is 17.5 Å². The van der Waals surface area contributed by atoms with Crippen molar-refractivity contribution in [3.8, 4) is 0 Å². The lowest BCUT2D eigenvalue weighted by Gasteiger charge is -2.22. The standard InChI is InChI=1S/C19H23FN2O3S/c1-4-22(26(24,25)18-11-5-14(2)6-12-18)13-19(23)21-15(3)16-7-9-17(20)10-8-16/h5-12,15H,4,13H2,1-3H3,(H,21,23). The first-order valence-electron chi connectivity index (χ1n) is 8.35. The van der Waals surface area contributed by atoms with Crippen molar-refractivity contribution in [2.75, 3.05) is 13.1 Å². The average molecular weight is 378 g/mol. The van der Waals surface area contributed by atoms with Gasteiger partial charge in [-0.25, -0.2) is 12.8 Å². The van der Waals surface area contributed by atoms with Gasteiger partial charge in [0.15, 0.2) is 0 Å². The predicted molar refractivity (Wildman–Crippen MR) is 98.6 cm³/mol. The summed E-state index contributed by atoms with van der Waals surface area (Å²) in [6.45, 7) is 5.21. The number of aryl methyl sites for hydroxylation is 1. The molecule has 1 amide bonds. The quantitative estimate of drug-likeness (QED) is 0.805. The third kappa shape index (κ3) is 4.89. The molecule has 0 aromatic heterocycles. The molecule has 0 radical (unpaired) electrons. The first kappa shape index (κ1) is 20.1. The van der Waals surface area contributed by atoms with E-state index in [1.54, 1.807) is 38.1 Å². The summed E-state index contributed by atoms with van der Waals surface area (Å²) in [6, 6.07) is 12.0. The zero-order valence-electron chi connectivity index (χ0n) is 15.1. The van der Waals surface area contributed by atoms with Crippen LogP contribution in [-0.2, 0) is 14.8 Å². The van der Waals surface area contributed by atoms with Crippen LogP contribution in [0.25, 0.3) is 0 Å². The van der Waals surface area contributed by atoms with Crippen LogP contribution in [0.3, 0.4) is 0 Å². The molecule has 0 aliphatic heterocycles. The van der Waals surface area contributed by atoms with Crippen LogP contribution in [0.2, 0.25) is 0 Å². The topological polar surface area (TPSA) is 66.5 Å². The molecule has 0 aliphatic carbocycles. The number of benzene rings is 2.